The highest BCUT2D eigenvalue weighted by Crippen LogP contribution is 2.35. The Labute approximate surface area is 210 Å². The van der Waals surface area contributed by atoms with E-state index in [1.54, 1.807) is 54.6 Å². The van der Waals surface area contributed by atoms with Crippen LogP contribution >= 0.6 is 35.0 Å². The van der Waals surface area contributed by atoms with Gasteiger partial charge >= 0.3 is 0 Å². The Morgan fingerprint density at radius 2 is 1.53 bits per heavy atom. The molecule has 0 saturated carbocycles. The number of carbonyl (C=O) groups is 2. The number of amidine groups is 1. The summed E-state index contributed by atoms with van der Waals surface area (Å²) < 4.78 is 29.8. The van der Waals surface area contributed by atoms with Crippen molar-refractivity contribution in [2.45, 2.75) is 16.6 Å². The molecule has 1 saturated heterocycles. The van der Waals surface area contributed by atoms with Crippen LogP contribution in [0.3, 0.4) is 0 Å². The predicted octanol–water partition coefficient (Wildman–Crippen LogP) is 5.22. The average molecular weight is 534 g/mol. The molecule has 0 bridgehead atoms. The summed E-state index contributed by atoms with van der Waals surface area (Å²) in [5, 5.41) is 2.74. The molecule has 7 nitrogen and oxygen atoms in total. The van der Waals surface area contributed by atoms with Gasteiger partial charge in [-0.3, -0.25) is 14.5 Å². The van der Waals surface area contributed by atoms with E-state index in [0.717, 1.165) is 11.8 Å². The fourth-order valence-electron chi connectivity index (χ4n) is 3.15. The SMILES string of the molecule is O=C(C[C@H]1SC(=NS(=O)(=O)c2ccc(Cl)cc2)N(c2ccccc2)C1=O)Nc1ccc(Cl)cc1. The van der Waals surface area contributed by atoms with Crippen molar-refractivity contribution in [1.29, 1.82) is 0 Å². The lowest BCUT2D eigenvalue weighted by molar-refractivity contribution is -0.121. The number of thioether (sulfide) groups is 1. The lowest BCUT2D eigenvalue weighted by atomic mass is 10.2. The van der Waals surface area contributed by atoms with Crippen molar-refractivity contribution in [1.82, 2.24) is 0 Å². The van der Waals surface area contributed by atoms with Gasteiger partial charge < -0.3 is 5.32 Å². The number of rotatable bonds is 6. The molecule has 0 unspecified atom stereocenters. The molecule has 3 aromatic rings. The number of sulfonamides is 1. The number of para-hydroxylation sites is 1. The van der Waals surface area contributed by atoms with Crippen LogP contribution < -0.4 is 10.2 Å². The van der Waals surface area contributed by atoms with Gasteiger partial charge in [-0.15, -0.1) is 4.40 Å². The molecule has 4 rings (SSSR count). The summed E-state index contributed by atoms with van der Waals surface area (Å²) in [5.74, 6) is -0.837. The van der Waals surface area contributed by atoms with Gasteiger partial charge in [0.15, 0.2) is 5.17 Å². The van der Waals surface area contributed by atoms with E-state index in [9.17, 15) is 18.0 Å². The van der Waals surface area contributed by atoms with Crippen LogP contribution in [0.1, 0.15) is 6.42 Å². The Hall–Kier alpha value is -2.85. The highest BCUT2D eigenvalue weighted by molar-refractivity contribution is 8.16. The molecule has 3 aromatic carbocycles. The van der Waals surface area contributed by atoms with Gasteiger partial charge in [0, 0.05) is 22.2 Å². The summed E-state index contributed by atoms with van der Waals surface area (Å²) in [4.78, 5) is 27.0. The minimum absolute atomic E-state index is 0.0320. The maximum Gasteiger partial charge on any atom is 0.284 e. The maximum absolute atomic E-state index is 13.2. The molecule has 1 N–H and O–H groups in total. The lowest BCUT2D eigenvalue weighted by Gasteiger charge is -2.16. The zero-order valence-corrected chi connectivity index (χ0v) is 20.5. The molecular weight excluding hydrogens is 517 g/mol. The van der Waals surface area contributed by atoms with Crippen LogP contribution in [0.5, 0.6) is 0 Å². The molecule has 174 valence electrons. The van der Waals surface area contributed by atoms with Gasteiger partial charge in [0.25, 0.3) is 10.0 Å². The summed E-state index contributed by atoms with van der Waals surface area (Å²) in [6.07, 6.45) is -0.171. The van der Waals surface area contributed by atoms with Crippen molar-refractivity contribution >= 4 is 73.3 Å². The van der Waals surface area contributed by atoms with Crippen LogP contribution in [-0.2, 0) is 19.6 Å². The lowest BCUT2D eigenvalue weighted by Crippen LogP contribution is -2.33. The first-order chi connectivity index (χ1) is 16.2. The Bertz CT molecular complexity index is 1350. The number of hydrogen-bond acceptors (Lipinski definition) is 5. The minimum Gasteiger partial charge on any atom is -0.326 e. The molecule has 1 aliphatic rings. The number of hydrogen-bond donors (Lipinski definition) is 1. The van der Waals surface area contributed by atoms with Crippen molar-refractivity contribution in [2.24, 2.45) is 4.40 Å². The Kier molecular flexibility index (Phi) is 7.27. The topological polar surface area (TPSA) is 95.9 Å². The molecule has 0 aliphatic carbocycles. The number of halogens is 2. The van der Waals surface area contributed by atoms with Crippen LogP contribution in [0.4, 0.5) is 11.4 Å². The second kappa shape index (κ2) is 10.2. The first kappa shape index (κ1) is 24.3. The fourth-order valence-corrected chi connectivity index (χ4v) is 5.74. The zero-order chi connectivity index (χ0) is 24.3. The van der Waals surface area contributed by atoms with E-state index >= 15 is 0 Å². The third-order valence-corrected chi connectivity index (χ3v) is 7.80. The molecule has 1 heterocycles. The van der Waals surface area contributed by atoms with Crippen molar-refractivity contribution in [3.63, 3.8) is 0 Å². The second-order valence-electron chi connectivity index (χ2n) is 7.18. The van der Waals surface area contributed by atoms with Crippen LogP contribution in [0, 0.1) is 0 Å². The maximum atomic E-state index is 13.2. The average Bonchev–Trinajstić information content (AvgIpc) is 3.10. The molecule has 0 radical (unpaired) electrons. The van der Waals surface area contributed by atoms with Crippen molar-refractivity contribution in [2.75, 3.05) is 10.2 Å². The molecule has 0 aromatic heterocycles. The number of nitrogens with one attached hydrogen (secondary N) is 1. The molecule has 0 spiro atoms. The number of anilines is 2. The number of carbonyl (C=O) groups excluding carboxylic acids is 2. The molecule has 1 atom stereocenters. The molecule has 34 heavy (non-hydrogen) atoms. The van der Waals surface area contributed by atoms with E-state index in [2.05, 4.69) is 9.71 Å². The van der Waals surface area contributed by atoms with Gasteiger partial charge in [-0.05, 0) is 60.7 Å². The van der Waals surface area contributed by atoms with Crippen molar-refractivity contribution < 1.29 is 18.0 Å². The van der Waals surface area contributed by atoms with Gasteiger partial charge in [0.2, 0.25) is 11.8 Å². The minimum atomic E-state index is -4.13. The quantitative estimate of drug-likeness (QED) is 0.468. The van der Waals surface area contributed by atoms with Crippen LogP contribution in [-0.4, -0.2) is 30.6 Å². The predicted molar refractivity (Wildman–Crippen MR) is 136 cm³/mol. The van der Waals surface area contributed by atoms with Crippen LogP contribution in [0.15, 0.2) is 88.2 Å². The van der Waals surface area contributed by atoms with Gasteiger partial charge in [-0.1, -0.05) is 53.2 Å². The fraction of sp³-hybridized carbons (Fsp3) is 0.0870. The highest BCUT2D eigenvalue weighted by Gasteiger charge is 2.41. The van der Waals surface area contributed by atoms with Crippen molar-refractivity contribution in [3.05, 3.63) is 88.9 Å². The smallest absolute Gasteiger partial charge is 0.284 e. The number of nitrogens with zero attached hydrogens (tertiary/aromatic N) is 2. The van der Waals surface area contributed by atoms with Crippen molar-refractivity contribution in [3.8, 4) is 0 Å². The van der Waals surface area contributed by atoms with Gasteiger partial charge in [-0.25, -0.2) is 0 Å². The third kappa shape index (κ3) is 5.61. The number of benzene rings is 3. The Balaban J connectivity index is 1.61. The van der Waals surface area contributed by atoms with E-state index < -0.39 is 27.1 Å². The first-order valence-electron chi connectivity index (χ1n) is 9.94. The van der Waals surface area contributed by atoms with Crippen LogP contribution in [0.25, 0.3) is 0 Å². The molecular formula is C23H17Cl2N3O4S2. The van der Waals surface area contributed by atoms with Gasteiger partial charge in [0.1, 0.15) is 5.25 Å². The summed E-state index contributed by atoms with van der Waals surface area (Å²) in [6, 6.07) is 20.7. The summed E-state index contributed by atoms with van der Waals surface area (Å²) in [6.45, 7) is 0. The Morgan fingerprint density at radius 3 is 2.15 bits per heavy atom. The standard InChI is InChI=1S/C23H17Cl2N3O4S2/c24-15-6-10-17(11-7-15)26-21(29)14-20-22(30)28(18-4-2-1-3-5-18)23(33-20)27-34(31,32)19-12-8-16(25)9-13-19/h1-13,20H,14H2,(H,26,29)/t20-/m1/s1. The highest BCUT2D eigenvalue weighted by atomic mass is 35.5. The zero-order valence-electron chi connectivity index (χ0n) is 17.4. The largest absolute Gasteiger partial charge is 0.326 e. The molecule has 1 fully saturated rings. The monoisotopic (exact) mass is 533 g/mol. The summed E-state index contributed by atoms with van der Waals surface area (Å²) in [5.41, 5.74) is 0.981. The third-order valence-electron chi connectivity index (χ3n) is 4.76. The van der Waals surface area contributed by atoms with E-state index in [-0.39, 0.29) is 16.5 Å². The van der Waals surface area contributed by atoms with E-state index in [0.29, 0.717) is 21.4 Å². The molecule has 2 amide bonds. The van der Waals surface area contributed by atoms with E-state index in [4.69, 9.17) is 23.2 Å². The summed E-state index contributed by atoms with van der Waals surface area (Å²) in [7, 11) is -4.13. The molecule has 1 aliphatic heterocycles. The van der Waals surface area contributed by atoms with E-state index in [1.165, 1.54) is 29.2 Å². The Morgan fingerprint density at radius 1 is 0.941 bits per heavy atom. The molecule has 11 heteroatoms. The second-order valence-corrected chi connectivity index (χ2v) is 10.8. The van der Waals surface area contributed by atoms with Gasteiger partial charge in [0.05, 0.1) is 10.6 Å². The van der Waals surface area contributed by atoms with Gasteiger partial charge in [-0.2, -0.15) is 8.42 Å². The van der Waals surface area contributed by atoms with E-state index in [1.807, 2.05) is 0 Å². The first-order valence-corrected chi connectivity index (χ1v) is 13.0. The van der Waals surface area contributed by atoms with Crippen LogP contribution in [0.2, 0.25) is 10.0 Å². The normalized spacial score (nSPS) is 17.2. The number of amides is 2. The summed E-state index contributed by atoms with van der Waals surface area (Å²) >= 11 is 12.6.